The topological polar surface area (TPSA) is 12.5 Å². The average molecular weight is 730 g/mol. The fourth-order valence-electron chi connectivity index (χ4n) is 9.34. The van der Waals surface area contributed by atoms with Gasteiger partial charge in [0, 0.05) is 33.5 Å². The summed E-state index contributed by atoms with van der Waals surface area (Å²) < 4.78 is 7.34. The normalized spacial score (nSPS) is 13.0. The van der Waals surface area contributed by atoms with Crippen LogP contribution < -0.4 is 9.64 Å². The molecule has 0 saturated heterocycles. The first kappa shape index (κ1) is 33.2. The van der Waals surface area contributed by atoms with Crippen LogP contribution in [-0.4, -0.2) is 0 Å². The fraction of sp³-hybridized carbons (Fsp3) is 0.0545. The number of para-hydroxylation sites is 2. The maximum absolute atomic E-state index is 7.34. The number of hydrogen-bond acceptors (Lipinski definition) is 2. The van der Waals surface area contributed by atoms with Crippen LogP contribution in [0.25, 0.3) is 66.4 Å². The zero-order valence-electron chi connectivity index (χ0n) is 31.9. The highest BCUT2D eigenvalue weighted by Crippen LogP contribution is 2.56. The van der Waals surface area contributed by atoms with Crippen molar-refractivity contribution in [3.8, 4) is 67.1 Å². The molecule has 0 amide bonds. The smallest absolute Gasteiger partial charge is 0.159 e. The summed E-state index contributed by atoms with van der Waals surface area (Å²) in [6.45, 7) is 4.69. The summed E-state index contributed by atoms with van der Waals surface area (Å²) >= 11 is 0. The lowest BCUT2D eigenvalue weighted by Gasteiger charge is -2.30. The summed E-state index contributed by atoms with van der Waals surface area (Å²) in [7, 11) is 0. The summed E-state index contributed by atoms with van der Waals surface area (Å²) in [6, 6.07) is 72.4. The highest BCUT2D eigenvalue weighted by molar-refractivity contribution is 6.08. The summed E-state index contributed by atoms with van der Waals surface area (Å²) in [4.78, 5) is 2.37. The largest absolute Gasteiger partial charge is 0.454 e. The zero-order valence-corrected chi connectivity index (χ0v) is 31.9. The van der Waals surface area contributed by atoms with Gasteiger partial charge >= 0.3 is 0 Å². The standard InChI is InChI=1S/C55H39NO/c1-55(2)49-26-14-13-24-44(49)45-32-30-40(35-50(45)55)56(39-19-7-4-8-20-39)51-27-15-25-47-53-43-23-10-9-18-37(43)28-31-46(53)48-34-38(29-33-52(48)57-54(47)51)42-22-12-11-21-41(42)36-16-5-3-6-17-36/h3-35H,1-2H3. The summed E-state index contributed by atoms with van der Waals surface area (Å²) in [5, 5.41) is 2.39. The van der Waals surface area contributed by atoms with Crippen molar-refractivity contribution in [2.24, 2.45) is 0 Å². The Bertz CT molecular complexity index is 3020. The van der Waals surface area contributed by atoms with Crippen molar-refractivity contribution in [2.75, 3.05) is 4.90 Å². The number of fused-ring (bicyclic) bond motifs is 10. The zero-order chi connectivity index (χ0) is 38.1. The van der Waals surface area contributed by atoms with Crippen LogP contribution in [0.2, 0.25) is 0 Å². The van der Waals surface area contributed by atoms with Gasteiger partial charge in [0.25, 0.3) is 0 Å². The van der Waals surface area contributed by atoms with E-state index in [9.17, 15) is 0 Å². The number of benzene rings is 9. The average Bonchev–Trinajstić information content (AvgIpc) is 3.39. The molecule has 0 unspecified atom stereocenters. The van der Waals surface area contributed by atoms with E-state index in [0.717, 1.165) is 50.8 Å². The Hall–Kier alpha value is -7.16. The van der Waals surface area contributed by atoms with Gasteiger partial charge in [-0.3, -0.25) is 0 Å². The van der Waals surface area contributed by atoms with Crippen molar-refractivity contribution in [3.05, 3.63) is 211 Å². The van der Waals surface area contributed by atoms with E-state index < -0.39 is 0 Å². The predicted molar refractivity (Wildman–Crippen MR) is 238 cm³/mol. The molecule has 0 fully saturated rings. The highest BCUT2D eigenvalue weighted by Gasteiger charge is 2.36. The van der Waals surface area contributed by atoms with Crippen LogP contribution in [0.15, 0.2) is 200 Å². The van der Waals surface area contributed by atoms with Crippen LogP contribution in [-0.2, 0) is 5.41 Å². The number of rotatable bonds is 5. The second-order valence-corrected chi connectivity index (χ2v) is 15.7. The number of anilines is 3. The van der Waals surface area contributed by atoms with Gasteiger partial charge in [0.2, 0.25) is 0 Å². The molecule has 9 aromatic carbocycles. The van der Waals surface area contributed by atoms with Crippen LogP contribution in [0.5, 0.6) is 11.5 Å². The Morgan fingerprint density at radius 2 is 1.05 bits per heavy atom. The van der Waals surface area contributed by atoms with Gasteiger partial charge < -0.3 is 9.64 Å². The first-order chi connectivity index (χ1) is 28.0. The molecular formula is C55H39NO. The quantitative estimate of drug-likeness (QED) is 0.175. The minimum Gasteiger partial charge on any atom is -0.454 e. The fourth-order valence-corrected chi connectivity index (χ4v) is 9.34. The minimum atomic E-state index is -0.137. The van der Waals surface area contributed by atoms with Gasteiger partial charge in [-0.05, 0) is 103 Å². The van der Waals surface area contributed by atoms with E-state index in [1.807, 2.05) is 0 Å². The van der Waals surface area contributed by atoms with Crippen LogP contribution in [0.4, 0.5) is 17.1 Å². The van der Waals surface area contributed by atoms with E-state index in [1.165, 1.54) is 55.3 Å². The van der Waals surface area contributed by atoms with Gasteiger partial charge in [0.05, 0.1) is 5.69 Å². The second kappa shape index (κ2) is 13.0. The van der Waals surface area contributed by atoms with Crippen LogP contribution in [0.3, 0.4) is 0 Å². The minimum absolute atomic E-state index is 0.137. The highest BCUT2D eigenvalue weighted by atomic mass is 16.5. The van der Waals surface area contributed by atoms with Crippen molar-refractivity contribution in [1.29, 1.82) is 0 Å². The van der Waals surface area contributed by atoms with Crippen LogP contribution in [0.1, 0.15) is 25.0 Å². The molecule has 0 N–H and O–H groups in total. The lowest BCUT2D eigenvalue weighted by atomic mass is 9.82. The number of hydrogen-bond donors (Lipinski definition) is 0. The molecular weight excluding hydrogens is 691 g/mol. The molecule has 11 rings (SSSR count). The van der Waals surface area contributed by atoms with Gasteiger partial charge in [-0.25, -0.2) is 0 Å². The van der Waals surface area contributed by atoms with Crippen molar-refractivity contribution >= 4 is 27.8 Å². The predicted octanol–water partition coefficient (Wildman–Crippen LogP) is 15.4. The van der Waals surface area contributed by atoms with E-state index in [2.05, 4.69) is 219 Å². The van der Waals surface area contributed by atoms with Crippen molar-refractivity contribution < 1.29 is 4.74 Å². The maximum Gasteiger partial charge on any atom is 0.159 e. The van der Waals surface area contributed by atoms with E-state index in [0.29, 0.717) is 0 Å². The van der Waals surface area contributed by atoms with Gasteiger partial charge in [-0.15, -0.1) is 0 Å². The molecule has 2 aliphatic rings. The molecule has 2 nitrogen and oxygen atoms in total. The lowest BCUT2D eigenvalue weighted by molar-refractivity contribution is 0.489. The third kappa shape index (κ3) is 5.25. The van der Waals surface area contributed by atoms with E-state index in [4.69, 9.17) is 4.74 Å². The molecule has 0 atom stereocenters. The summed E-state index contributed by atoms with van der Waals surface area (Å²) in [6.07, 6.45) is 0. The number of ether oxygens (including phenoxy) is 1. The first-order valence-corrected chi connectivity index (χ1v) is 19.8. The Morgan fingerprint density at radius 1 is 0.404 bits per heavy atom. The molecule has 270 valence electrons. The molecule has 0 saturated carbocycles. The van der Waals surface area contributed by atoms with E-state index in [-0.39, 0.29) is 5.41 Å². The van der Waals surface area contributed by atoms with E-state index >= 15 is 0 Å². The van der Waals surface area contributed by atoms with Gasteiger partial charge in [0.15, 0.2) is 5.75 Å². The Balaban J connectivity index is 1.14. The van der Waals surface area contributed by atoms with Crippen LogP contribution in [0, 0.1) is 0 Å². The van der Waals surface area contributed by atoms with Gasteiger partial charge in [-0.1, -0.05) is 172 Å². The first-order valence-electron chi connectivity index (χ1n) is 19.8. The second-order valence-electron chi connectivity index (χ2n) is 15.7. The SMILES string of the molecule is CC1(C)c2ccccc2-c2ccc(N(c3ccccc3)c3cccc4c3Oc3ccc(-c5ccccc5-c5ccccc5)cc3-c3ccc5ccccc5c3-4)cc21. The molecule has 57 heavy (non-hydrogen) atoms. The molecule has 9 aromatic rings. The summed E-state index contributed by atoms with van der Waals surface area (Å²) in [5.41, 5.74) is 17.5. The Kier molecular flexibility index (Phi) is 7.55. The summed E-state index contributed by atoms with van der Waals surface area (Å²) in [5.74, 6) is 1.66. The Labute approximate surface area is 333 Å². The monoisotopic (exact) mass is 729 g/mol. The molecule has 2 heteroatoms. The van der Waals surface area contributed by atoms with Crippen molar-refractivity contribution in [2.45, 2.75) is 19.3 Å². The van der Waals surface area contributed by atoms with Gasteiger partial charge in [0.1, 0.15) is 5.75 Å². The lowest BCUT2D eigenvalue weighted by Crippen LogP contribution is -2.16. The molecule has 0 aromatic heterocycles. The third-order valence-corrected chi connectivity index (χ3v) is 12.1. The molecule has 0 spiro atoms. The Morgan fingerprint density at radius 3 is 1.88 bits per heavy atom. The van der Waals surface area contributed by atoms with Gasteiger partial charge in [-0.2, -0.15) is 0 Å². The van der Waals surface area contributed by atoms with Crippen molar-refractivity contribution in [1.82, 2.24) is 0 Å². The number of nitrogens with zero attached hydrogens (tertiary/aromatic N) is 1. The molecule has 0 radical (unpaired) electrons. The van der Waals surface area contributed by atoms with Crippen molar-refractivity contribution in [3.63, 3.8) is 0 Å². The molecule has 1 heterocycles. The molecule has 1 aliphatic carbocycles. The van der Waals surface area contributed by atoms with E-state index in [1.54, 1.807) is 0 Å². The van der Waals surface area contributed by atoms with Crippen LogP contribution >= 0.6 is 0 Å². The molecule has 1 aliphatic heterocycles. The third-order valence-electron chi connectivity index (χ3n) is 12.1. The maximum atomic E-state index is 7.34. The molecule has 0 bridgehead atoms.